The molecule has 1 aromatic heterocycles. The zero-order chi connectivity index (χ0) is 19.3. The maximum absolute atomic E-state index is 13.1. The van der Waals surface area contributed by atoms with Crippen molar-refractivity contribution >= 4 is 11.9 Å². The molecule has 28 heavy (non-hydrogen) atoms. The zero-order valence-electron chi connectivity index (χ0n) is 15.6. The fraction of sp³-hybridized carbons (Fsp3) is 0.409. The quantitative estimate of drug-likeness (QED) is 0.888. The number of fused-ring (bicyclic) bond motifs is 2. The number of carboxylic acid groups (broad SMARTS) is 1. The molecule has 1 aliphatic carbocycles. The van der Waals surface area contributed by atoms with Crippen LogP contribution < -0.4 is 4.74 Å². The van der Waals surface area contributed by atoms with E-state index >= 15 is 0 Å². The smallest absolute Gasteiger partial charge is 0.311 e. The molecule has 3 aliphatic rings. The molecule has 1 saturated carbocycles. The number of rotatable bonds is 3. The molecule has 2 atom stereocenters. The Labute approximate surface area is 163 Å². The molecule has 1 amide bonds. The van der Waals surface area contributed by atoms with E-state index in [2.05, 4.69) is 11.1 Å². The average molecular weight is 378 g/mol. The highest BCUT2D eigenvalue weighted by Gasteiger charge is 2.55. The number of pyridine rings is 1. The normalized spacial score (nSPS) is 25.3. The molecule has 5 rings (SSSR count). The standard InChI is InChI=1S/C22H22N2O4/c25-20(24-12-18-2-1-6-22(18,13-24)21(26)27)17-9-16(10-23-11-17)14-3-4-19-15(8-14)5-7-28-19/h3-4,8-11,18H,1-2,5-7,12-13H2,(H,26,27)/t18-,22+/m0/s1. The molecule has 0 unspecified atom stereocenters. The van der Waals surface area contributed by atoms with Crippen LogP contribution in [0.25, 0.3) is 11.1 Å². The van der Waals surface area contributed by atoms with Gasteiger partial charge in [-0.15, -0.1) is 0 Å². The number of hydrogen-bond donors (Lipinski definition) is 1. The molecule has 6 heteroatoms. The number of carboxylic acids is 1. The minimum atomic E-state index is -0.766. The molecule has 144 valence electrons. The molecule has 2 fully saturated rings. The molecule has 3 heterocycles. The molecule has 1 aromatic carbocycles. The Morgan fingerprint density at radius 1 is 1.21 bits per heavy atom. The summed E-state index contributed by atoms with van der Waals surface area (Å²) in [5.74, 6) is 0.0831. The second-order valence-corrected chi connectivity index (χ2v) is 8.12. The number of nitrogens with zero attached hydrogens (tertiary/aromatic N) is 2. The molecule has 0 bridgehead atoms. The van der Waals surface area contributed by atoms with Gasteiger partial charge in [-0.25, -0.2) is 0 Å². The van der Waals surface area contributed by atoms with Crippen molar-refractivity contribution in [3.8, 4) is 16.9 Å². The van der Waals surface area contributed by atoms with E-state index in [1.54, 1.807) is 17.3 Å². The van der Waals surface area contributed by atoms with Crippen molar-refractivity contribution in [1.82, 2.24) is 9.88 Å². The molecule has 0 spiro atoms. The first-order valence-electron chi connectivity index (χ1n) is 9.81. The van der Waals surface area contributed by atoms with Gasteiger partial charge in [0.2, 0.25) is 0 Å². The molecule has 0 radical (unpaired) electrons. The van der Waals surface area contributed by atoms with Crippen LogP contribution in [0.15, 0.2) is 36.7 Å². The Morgan fingerprint density at radius 2 is 2.11 bits per heavy atom. The van der Waals surface area contributed by atoms with Crippen molar-refractivity contribution in [3.63, 3.8) is 0 Å². The second kappa shape index (κ2) is 6.33. The van der Waals surface area contributed by atoms with Gasteiger partial charge in [0.15, 0.2) is 0 Å². The number of hydrogen-bond acceptors (Lipinski definition) is 4. The Kier molecular flexibility index (Phi) is 3.89. The van der Waals surface area contributed by atoms with E-state index in [4.69, 9.17) is 4.74 Å². The van der Waals surface area contributed by atoms with Gasteiger partial charge in [-0.2, -0.15) is 0 Å². The summed E-state index contributed by atoms with van der Waals surface area (Å²) in [5.41, 5.74) is 2.81. The Morgan fingerprint density at radius 3 is 2.93 bits per heavy atom. The minimum absolute atomic E-state index is 0.0572. The van der Waals surface area contributed by atoms with Crippen LogP contribution in [0.5, 0.6) is 5.75 Å². The first-order chi connectivity index (χ1) is 13.6. The van der Waals surface area contributed by atoms with Crippen LogP contribution in [0.4, 0.5) is 0 Å². The van der Waals surface area contributed by atoms with Crippen molar-refractivity contribution in [3.05, 3.63) is 47.8 Å². The number of aliphatic carboxylic acids is 1. The molecule has 1 N–H and O–H groups in total. The van der Waals surface area contributed by atoms with Crippen LogP contribution in [-0.2, 0) is 11.2 Å². The summed E-state index contributed by atoms with van der Waals surface area (Å²) in [6, 6.07) is 7.89. The Bertz CT molecular complexity index is 973. The number of amides is 1. The fourth-order valence-electron chi connectivity index (χ4n) is 5.06. The van der Waals surface area contributed by atoms with E-state index in [1.165, 1.54) is 5.56 Å². The van der Waals surface area contributed by atoms with Crippen molar-refractivity contribution in [2.75, 3.05) is 19.7 Å². The largest absolute Gasteiger partial charge is 0.493 e. The van der Waals surface area contributed by atoms with E-state index in [0.29, 0.717) is 31.7 Å². The van der Waals surface area contributed by atoms with E-state index < -0.39 is 11.4 Å². The molecule has 1 saturated heterocycles. The highest BCUT2D eigenvalue weighted by molar-refractivity contribution is 5.96. The predicted octanol–water partition coefficient (Wildman–Crippen LogP) is 3.01. The summed E-state index contributed by atoms with van der Waals surface area (Å²) in [5, 5.41) is 9.75. The monoisotopic (exact) mass is 378 g/mol. The predicted molar refractivity (Wildman–Crippen MR) is 102 cm³/mol. The Hall–Kier alpha value is -2.89. The number of benzene rings is 1. The third-order valence-electron chi connectivity index (χ3n) is 6.59. The van der Waals surface area contributed by atoms with Crippen LogP contribution in [-0.4, -0.2) is 46.6 Å². The lowest BCUT2D eigenvalue weighted by atomic mass is 9.81. The van der Waals surface area contributed by atoms with Crippen LogP contribution in [0.1, 0.15) is 35.2 Å². The van der Waals surface area contributed by atoms with Gasteiger partial charge in [0.25, 0.3) is 5.91 Å². The first-order valence-corrected chi connectivity index (χ1v) is 9.81. The summed E-state index contributed by atoms with van der Waals surface area (Å²) in [6.45, 7) is 1.52. The van der Waals surface area contributed by atoms with Crippen molar-refractivity contribution in [2.45, 2.75) is 25.7 Å². The maximum Gasteiger partial charge on any atom is 0.311 e. The Balaban J connectivity index is 1.41. The van der Waals surface area contributed by atoms with Crippen LogP contribution in [0.2, 0.25) is 0 Å². The van der Waals surface area contributed by atoms with E-state index in [0.717, 1.165) is 36.1 Å². The maximum atomic E-state index is 13.1. The highest BCUT2D eigenvalue weighted by Crippen LogP contribution is 2.49. The van der Waals surface area contributed by atoms with Crippen LogP contribution in [0.3, 0.4) is 0 Å². The van der Waals surface area contributed by atoms with Gasteiger partial charge >= 0.3 is 5.97 Å². The lowest BCUT2D eigenvalue weighted by Gasteiger charge is -2.23. The van der Waals surface area contributed by atoms with Gasteiger partial charge in [0, 0.05) is 37.5 Å². The second-order valence-electron chi connectivity index (χ2n) is 8.12. The third-order valence-corrected chi connectivity index (χ3v) is 6.59. The van der Waals surface area contributed by atoms with Crippen molar-refractivity contribution in [2.24, 2.45) is 11.3 Å². The number of carbonyl (C=O) groups excluding carboxylic acids is 1. The summed E-state index contributed by atoms with van der Waals surface area (Å²) in [7, 11) is 0. The van der Waals surface area contributed by atoms with Gasteiger partial charge < -0.3 is 14.7 Å². The van der Waals surface area contributed by atoms with E-state index in [1.807, 2.05) is 18.2 Å². The van der Waals surface area contributed by atoms with Gasteiger partial charge in [-0.3, -0.25) is 14.6 Å². The average Bonchev–Trinajstić information content (AvgIpc) is 3.40. The van der Waals surface area contributed by atoms with E-state index in [9.17, 15) is 14.7 Å². The molecule has 2 aliphatic heterocycles. The SMILES string of the molecule is O=C(c1cncc(-c2ccc3c(c2)CCO3)c1)N1C[C@@H]2CCC[C@@]2(C(=O)O)C1. The van der Waals surface area contributed by atoms with Gasteiger partial charge in [-0.1, -0.05) is 12.5 Å². The highest BCUT2D eigenvalue weighted by atomic mass is 16.5. The van der Waals surface area contributed by atoms with Gasteiger partial charge in [-0.05, 0) is 48.1 Å². The molecular weight excluding hydrogens is 356 g/mol. The third kappa shape index (κ3) is 2.58. The zero-order valence-corrected chi connectivity index (χ0v) is 15.6. The minimum Gasteiger partial charge on any atom is -0.493 e. The summed E-state index contributed by atoms with van der Waals surface area (Å²) < 4.78 is 5.56. The van der Waals surface area contributed by atoms with Crippen molar-refractivity contribution in [1.29, 1.82) is 0 Å². The number of aromatic nitrogens is 1. The first kappa shape index (κ1) is 17.2. The molecule has 6 nitrogen and oxygen atoms in total. The summed E-state index contributed by atoms with van der Waals surface area (Å²) in [6.07, 6.45) is 6.69. The fourth-order valence-corrected chi connectivity index (χ4v) is 5.06. The van der Waals surface area contributed by atoms with Crippen LogP contribution >= 0.6 is 0 Å². The van der Waals surface area contributed by atoms with E-state index in [-0.39, 0.29) is 11.8 Å². The lowest BCUT2D eigenvalue weighted by molar-refractivity contribution is -0.149. The number of ether oxygens (including phenoxy) is 1. The molecule has 2 aromatic rings. The topological polar surface area (TPSA) is 79.7 Å². The number of likely N-dealkylation sites (tertiary alicyclic amines) is 1. The molecular formula is C22H22N2O4. The summed E-state index contributed by atoms with van der Waals surface area (Å²) in [4.78, 5) is 30.9. The van der Waals surface area contributed by atoms with Crippen molar-refractivity contribution < 1.29 is 19.4 Å². The van der Waals surface area contributed by atoms with Gasteiger partial charge in [0.05, 0.1) is 17.6 Å². The summed E-state index contributed by atoms with van der Waals surface area (Å²) >= 11 is 0. The number of carbonyl (C=O) groups is 2. The van der Waals surface area contributed by atoms with Gasteiger partial charge in [0.1, 0.15) is 5.75 Å². The lowest BCUT2D eigenvalue weighted by Crippen LogP contribution is -2.37. The van der Waals surface area contributed by atoms with Crippen LogP contribution in [0, 0.1) is 11.3 Å².